The number of nitro groups is 1. The summed E-state index contributed by atoms with van der Waals surface area (Å²) in [7, 11) is 0. The summed E-state index contributed by atoms with van der Waals surface area (Å²) in [6, 6.07) is 9.34. The molecule has 2 rings (SSSR count). The number of nitro benzene ring substituents is 1. The molecule has 8 heteroatoms. The predicted molar refractivity (Wildman–Crippen MR) is 86.5 cm³/mol. The topological polar surface area (TPSA) is 94.6 Å². The Bertz CT molecular complexity index is 628. The molecule has 0 aliphatic heterocycles. The highest BCUT2D eigenvalue weighted by Crippen LogP contribution is 2.17. The Balaban J connectivity index is 1.58. The molecule has 0 radical (unpaired) electrons. The fourth-order valence-corrected chi connectivity index (χ4v) is 2.45. The first-order valence-electron chi connectivity index (χ1n) is 6.89. The number of rotatable bonds is 9. The summed E-state index contributed by atoms with van der Waals surface area (Å²) in [5.41, 5.74) is -0.0182. The molecule has 0 atom stereocenters. The highest BCUT2D eigenvalue weighted by molar-refractivity contribution is 7.98. The Morgan fingerprint density at radius 2 is 2.09 bits per heavy atom. The normalized spacial score (nSPS) is 10.3. The lowest BCUT2D eigenvalue weighted by Gasteiger charge is -2.07. The molecule has 0 spiro atoms. The zero-order chi connectivity index (χ0) is 16.5. The highest BCUT2D eigenvalue weighted by atomic mass is 32.2. The Labute approximate surface area is 137 Å². The molecule has 0 aliphatic carbocycles. The van der Waals surface area contributed by atoms with E-state index in [1.54, 1.807) is 18.0 Å². The van der Waals surface area contributed by atoms with Crippen LogP contribution in [0.15, 0.2) is 47.1 Å². The number of thioether (sulfide) groups is 1. The molecule has 1 N–H and O–H groups in total. The van der Waals surface area contributed by atoms with Crippen LogP contribution < -0.4 is 10.1 Å². The number of furan rings is 1. The van der Waals surface area contributed by atoms with Gasteiger partial charge in [-0.3, -0.25) is 14.9 Å². The second kappa shape index (κ2) is 8.84. The van der Waals surface area contributed by atoms with Gasteiger partial charge in [0, 0.05) is 24.4 Å². The van der Waals surface area contributed by atoms with Gasteiger partial charge in [-0.25, -0.2) is 0 Å². The fourth-order valence-electron chi connectivity index (χ4n) is 1.69. The molecule has 7 nitrogen and oxygen atoms in total. The zero-order valence-corrected chi connectivity index (χ0v) is 13.1. The average molecular weight is 336 g/mol. The molecule has 0 saturated carbocycles. The van der Waals surface area contributed by atoms with Crippen molar-refractivity contribution in [1.82, 2.24) is 5.32 Å². The van der Waals surface area contributed by atoms with Crippen LogP contribution in [0.4, 0.5) is 5.69 Å². The summed E-state index contributed by atoms with van der Waals surface area (Å²) in [6.45, 7) is 0.411. The predicted octanol–water partition coefficient (Wildman–Crippen LogP) is 2.62. The van der Waals surface area contributed by atoms with E-state index in [-0.39, 0.29) is 18.2 Å². The molecule has 0 unspecified atom stereocenters. The minimum absolute atomic E-state index is 0.0182. The van der Waals surface area contributed by atoms with E-state index in [1.807, 2.05) is 12.1 Å². The molecule has 1 aromatic carbocycles. The van der Waals surface area contributed by atoms with Gasteiger partial charge in [-0.2, -0.15) is 11.8 Å². The van der Waals surface area contributed by atoms with Crippen molar-refractivity contribution in [2.24, 2.45) is 0 Å². The van der Waals surface area contributed by atoms with E-state index >= 15 is 0 Å². The Hall–Kier alpha value is -2.48. The molecule has 0 aliphatic rings. The third-order valence-corrected chi connectivity index (χ3v) is 3.79. The number of nitrogens with zero attached hydrogens (tertiary/aromatic N) is 1. The van der Waals surface area contributed by atoms with Crippen molar-refractivity contribution in [3.63, 3.8) is 0 Å². The van der Waals surface area contributed by atoms with Crippen LogP contribution in [0.5, 0.6) is 5.75 Å². The van der Waals surface area contributed by atoms with Crippen LogP contribution in [0.1, 0.15) is 5.76 Å². The number of non-ortho nitro benzene ring substituents is 1. The van der Waals surface area contributed by atoms with Gasteiger partial charge in [0.1, 0.15) is 11.5 Å². The van der Waals surface area contributed by atoms with Crippen LogP contribution in [0.3, 0.4) is 0 Å². The Morgan fingerprint density at radius 1 is 1.30 bits per heavy atom. The van der Waals surface area contributed by atoms with Crippen LogP contribution >= 0.6 is 11.8 Å². The molecule has 2 aromatic rings. The fraction of sp³-hybridized carbons (Fsp3) is 0.267. The molecule has 23 heavy (non-hydrogen) atoms. The number of ether oxygens (including phenoxy) is 1. The average Bonchev–Trinajstić information content (AvgIpc) is 3.06. The minimum Gasteiger partial charge on any atom is -0.484 e. The second-order valence-corrected chi connectivity index (χ2v) is 5.63. The maximum atomic E-state index is 11.6. The van der Waals surface area contributed by atoms with Crippen molar-refractivity contribution in [2.75, 3.05) is 18.9 Å². The lowest BCUT2D eigenvalue weighted by atomic mass is 10.3. The molecule has 1 amide bonds. The van der Waals surface area contributed by atoms with Crippen LogP contribution in [-0.4, -0.2) is 29.7 Å². The molecule has 0 bridgehead atoms. The van der Waals surface area contributed by atoms with Crippen LogP contribution in [0, 0.1) is 10.1 Å². The lowest BCUT2D eigenvalue weighted by Crippen LogP contribution is -2.30. The first-order chi connectivity index (χ1) is 11.1. The van der Waals surface area contributed by atoms with Gasteiger partial charge in [-0.05, 0) is 24.3 Å². The molecule has 1 heterocycles. The molecular formula is C15H16N2O5S. The van der Waals surface area contributed by atoms with E-state index in [0.717, 1.165) is 17.3 Å². The number of hydrogen-bond acceptors (Lipinski definition) is 6. The van der Waals surface area contributed by atoms with Crippen molar-refractivity contribution in [3.05, 3.63) is 58.5 Å². The molecular weight excluding hydrogens is 320 g/mol. The van der Waals surface area contributed by atoms with E-state index in [4.69, 9.17) is 9.15 Å². The third-order valence-electron chi connectivity index (χ3n) is 2.81. The van der Waals surface area contributed by atoms with Gasteiger partial charge in [0.15, 0.2) is 6.61 Å². The standard InChI is InChI=1S/C15H16N2O5S/c18-15(16-7-9-23-11-14-2-1-8-21-14)10-22-13-5-3-12(4-6-13)17(19)20/h1-6,8H,7,9-11H2,(H,16,18). The summed E-state index contributed by atoms with van der Waals surface area (Å²) in [5, 5.41) is 13.3. The van der Waals surface area contributed by atoms with Gasteiger partial charge in [0.25, 0.3) is 11.6 Å². The quantitative estimate of drug-likeness (QED) is 0.430. The van der Waals surface area contributed by atoms with E-state index in [0.29, 0.717) is 12.3 Å². The lowest BCUT2D eigenvalue weighted by molar-refractivity contribution is -0.384. The minimum atomic E-state index is -0.489. The van der Waals surface area contributed by atoms with Crippen LogP contribution in [-0.2, 0) is 10.5 Å². The van der Waals surface area contributed by atoms with Crippen molar-refractivity contribution < 1.29 is 18.9 Å². The summed E-state index contributed by atoms with van der Waals surface area (Å²) < 4.78 is 10.5. The van der Waals surface area contributed by atoms with Crippen LogP contribution in [0.25, 0.3) is 0 Å². The smallest absolute Gasteiger partial charge is 0.269 e. The van der Waals surface area contributed by atoms with Crippen LogP contribution in [0.2, 0.25) is 0 Å². The SMILES string of the molecule is O=C(COc1ccc([N+](=O)[O-])cc1)NCCSCc1ccco1. The monoisotopic (exact) mass is 336 g/mol. The second-order valence-electron chi connectivity index (χ2n) is 4.52. The first kappa shape index (κ1) is 16.9. The van der Waals surface area contributed by atoms with Gasteiger partial charge in [0.2, 0.25) is 0 Å². The highest BCUT2D eigenvalue weighted by Gasteiger charge is 2.06. The maximum Gasteiger partial charge on any atom is 0.269 e. The summed E-state index contributed by atoms with van der Waals surface area (Å²) in [4.78, 5) is 21.6. The van der Waals surface area contributed by atoms with E-state index in [2.05, 4.69) is 5.32 Å². The van der Waals surface area contributed by atoms with Crippen molar-refractivity contribution in [3.8, 4) is 5.75 Å². The van der Waals surface area contributed by atoms with Gasteiger partial charge in [-0.1, -0.05) is 0 Å². The summed E-state index contributed by atoms with van der Waals surface area (Å²) >= 11 is 1.66. The number of carbonyl (C=O) groups is 1. The Kier molecular flexibility index (Phi) is 6.49. The molecule has 1 aromatic heterocycles. The van der Waals surface area contributed by atoms with Crippen molar-refractivity contribution in [2.45, 2.75) is 5.75 Å². The Morgan fingerprint density at radius 3 is 2.74 bits per heavy atom. The number of amides is 1. The molecule has 0 saturated heterocycles. The largest absolute Gasteiger partial charge is 0.484 e. The van der Waals surface area contributed by atoms with E-state index in [9.17, 15) is 14.9 Å². The van der Waals surface area contributed by atoms with Gasteiger partial charge < -0.3 is 14.5 Å². The van der Waals surface area contributed by atoms with Crippen molar-refractivity contribution >= 4 is 23.4 Å². The number of benzene rings is 1. The third kappa shape index (κ3) is 6.03. The summed E-state index contributed by atoms with van der Waals surface area (Å²) in [6.07, 6.45) is 1.63. The first-order valence-corrected chi connectivity index (χ1v) is 8.04. The van der Waals surface area contributed by atoms with Crippen molar-refractivity contribution in [1.29, 1.82) is 0 Å². The zero-order valence-electron chi connectivity index (χ0n) is 12.3. The molecule has 122 valence electrons. The van der Waals surface area contributed by atoms with Gasteiger partial charge in [-0.15, -0.1) is 0 Å². The molecule has 0 fully saturated rings. The number of nitrogens with one attached hydrogen (secondary N) is 1. The van der Waals surface area contributed by atoms with E-state index < -0.39 is 4.92 Å². The van der Waals surface area contributed by atoms with E-state index in [1.165, 1.54) is 24.3 Å². The van der Waals surface area contributed by atoms with Gasteiger partial charge in [0.05, 0.1) is 16.9 Å². The maximum absolute atomic E-state index is 11.6. The van der Waals surface area contributed by atoms with Gasteiger partial charge >= 0.3 is 0 Å². The number of carbonyl (C=O) groups excluding carboxylic acids is 1. The number of hydrogen-bond donors (Lipinski definition) is 1. The summed E-state index contributed by atoms with van der Waals surface area (Å²) in [5.74, 6) is 2.62.